The summed E-state index contributed by atoms with van der Waals surface area (Å²) in [7, 11) is 29.2. The first-order chi connectivity index (χ1) is 44.8. The normalized spacial score (nSPS) is 12.8. The summed E-state index contributed by atoms with van der Waals surface area (Å²) in [6.07, 6.45) is 2.13. The van der Waals surface area contributed by atoms with Gasteiger partial charge in [-0.3, -0.25) is 0 Å². The van der Waals surface area contributed by atoms with Gasteiger partial charge in [0.2, 0.25) is 11.5 Å². The smallest absolute Gasteiger partial charge is 0 e. The minimum atomic E-state index is -3.39. The van der Waals surface area contributed by atoms with Crippen LogP contribution in [-0.2, 0) is 82.3 Å². The van der Waals surface area contributed by atoms with E-state index in [9.17, 15) is 10.2 Å². The van der Waals surface area contributed by atoms with E-state index in [1.807, 2.05) is 12.1 Å². The number of hydrogen-bond acceptors (Lipinski definition) is 2. The van der Waals surface area contributed by atoms with Crippen molar-refractivity contribution in [1.29, 1.82) is 0 Å². The van der Waals surface area contributed by atoms with E-state index >= 15 is 8.78 Å². The fourth-order valence-electron chi connectivity index (χ4n) is 14.6. The zero-order valence-electron chi connectivity index (χ0n) is 64.5. The number of halogens is 6. The summed E-state index contributed by atoms with van der Waals surface area (Å²) in [5.74, 6) is 0.250. The van der Waals surface area contributed by atoms with Crippen molar-refractivity contribution in [1.82, 2.24) is 9.13 Å². The Morgan fingerprint density at radius 3 is 0.873 bits per heavy atom. The Bertz CT molecular complexity index is 4220. The van der Waals surface area contributed by atoms with Gasteiger partial charge in [0.15, 0.2) is 13.2 Å². The Hall–Kier alpha value is -4.68. The molecule has 6 nitrogen and oxygen atoms in total. The maximum absolute atomic E-state index is 16.1. The van der Waals surface area contributed by atoms with Crippen LogP contribution in [0, 0.1) is 51.5 Å². The molecule has 102 heavy (non-hydrogen) atoms. The van der Waals surface area contributed by atoms with E-state index in [1.165, 1.54) is 46.5 Å². The number of aromatic nitrogens is 2. The van der Waals surface area contributed by atoms with Crippen molar-refractivity contribution in [2.45, 2.75) is 212 Å². The van der Waals surface area contributed by atoms with E-state index in [1.54, 1.807) is 12.1 Å². The molecule has 0 aliphatic rings. The van der Waals surface area contributed by atoms with Gasteiger partial charge in [0.1, 0.15) is 29.6 Å². The van der Waals surface area contributed by atoms with Crippen molar-refractivity contribution >= 4 is 77.9 Å². The fraction of sp³-hybridized carbons (Fsp3) is 0.409. The first-order valence-corrected chi connectivity index (χ1v) is 51.9. The molecule has 14 heteroatoms. The van der Waals surface area contributed by atoms with Crippen molar-refractivity contribution in [2.24, 2.45) is 10.8 Å². The maximum atomic E-state index is 16.1. The second kappa shape index (κ2) is 31.6. The molecular weight excluding hydrogens is 1690 g/mol. The Morgan fingerprint density at radius 2 is 0.637 bits per heavy atom. The fourth-order valence-corrected chi connectivity index (χ4v) is 14.6. The van der Waals surface area contributed by atoms with Crippen molar-refractivity contribution in [2.75, 3.05) is 13.2 Å². The van der Waals surface area contributed by atoms with Gasteiger partial charge in [-0.25, -0.2) is 8.78 Å². The molecule has 0 aliphatic heterocycles. The Kier molecular flexibility index (Phi) is 27.3. The largest absolute Gasteiger partial charge is 0 e. The number of fused-ring (bicyclic) bond motifs is 6. The molecule has 2 aromatic heterocycles. The van der Waals surface area contributed by atoms with Crippen LogP contribution in [0.3, 0.4) is 0 Å². The average molecular weight is 1800 g/mol. The third kappa shape index (κ3) is 19.7. The van der Waals surface area contributed by atoms with Crippen molar-refractivity contribution in [3.05, 3.63) is 208 Å². The van der Waals surface area contributed by atoms with Gasteiger partial charge < -0.3 is 42.9 Å². The molecule has 0 amide bonds. The zero-order valence-corrected chi connectivity index (χ0v) is 74.7. The molecule has 10 rings (SSSR count). The van der Waals surface area contributed by atoms with Crippen LogP contribution in [0.15, 0.2) is 133 Å². The van der Waals surface area contributed by atoms with Gasteiger partial charge >= 0.3 is 49.5 Å². The van der Waals surface area contributed by atoms with Gasteiger partial charge in [-0.1, -0.05) is 184 Å². The van der Waals surface area contributed by atoms with Crippen LogP contribution in [0.25, 0.3) is 77.2 Å². The molecule has 8 aromatic carbocycles. The minimum absolute atomic E-state index is 0. The van der Waals surface area contributed by atoms with Gasteiger partial charge in [0.25, 0.3) is 0 Å². The number of benzene rings is 8. The number of rotatable bonds is 14. The molecule has 0 bridgehead atoms. The van der Waals surface area contributed by atoms with Crippen molar-refractivity contribution in [3.63, 3.8) is 0 Å². The summed E-state index contributed by atoms with van der Waals surface area (Å²) < 4.78 is 42.6. The summed E-state index contributed by atoms with van der Waals surface area (Å²) in [5, 5.41) is 30.7. The van der Waals surface area contributed by atoms with Crippen LogP contribution in [0.1, 0.15) is 212 Å². The SMILES string of the molecule is C.[CH2-][O+](CCC[O+]([CH2-])c1ccc(F)cc1-c1cc(C(C)(C)CC(C)(C)C)cc(-n2c3ccc(C(C)(C)C)cc3c3cc(C(C)(C)C)ccc32)c1O)c1ccc(F)cc1-c1cc(C(C)(C)CC(C)(C)C)cc(-n2c3ccc(C(C)(C)C)cc3c3cc(C(C)(C)C)ccc32)c1O.[CH3-].[CH3-].[Cl][Hf]([Cl])([Cl])[Cl].[Hf]. The molecule has 0 unspecified atom stereocenters. The second-order valence-corrected chi connectivity index (χ2v) is 66.2. The number of phenols is 2. The summed E-state index contributed by atoms with van der Waals surface area (Å²) in [5.41, 5.74) is 12.5. The van der Waals surface area contributed by atoms with Crippen LogP contribution in [0.4, 0.5) is 8.78 Å². The second-order valence-electron chi connectivity index (χ2n) is 35.1. The van der Waals surface area contributed by atoms with E-state index in [2.05, 4.69) is 269 Å². The molecule has 0 saturated heterocycles. The Balaban J connectivity index is 0.00000201. The molecule has 2 N–H and O–H groups in total. The topological polar surface area (TPSA) is 55.7 Å². The Morgan fingerprint density at radius 1 is 0.382 bits per heavy atom. The summed E-state index contributed by atoms with van der Waals surface area (Å²) in [4.78, 5) is 0. The van der Waals surface area contributed by atoms with Crippen LogP contribution >= 0.6 is 34.3 Å². The summed E-state index contributed by atoms with van der Waals surface area (Å²) in [6.45, 7) is 49.9. The van der Waals surface area contributed by atoms with Gasteiger partial charge in [-0.05, 0) is 201 Å². The third-order valence-corrected chi connectivity index (χ3v) is 19.0. The van der Waals surface area contributed by atoms with Gasteiger partial charge in [-0.15, -0.1) is 0 Å². The molecule has 2 heterocycles. The number of nitrogens with zero attached hydrogens (tertiary/aromatic N) is 2. The molecular formula is C88H114Cl4F2Hf2N2O4-2. The molecule has 0 fully saturated rings. The minimum Gasteiger partial charge on any atom is 0 e. The Labute approximate surface area is 649 Å². The van der Waals surface area contributed by atoms with E-state index in [0.717, 1.165) is 67.6 Å². The van der Waals surface area contributed by atoms with Gasteiger partial charge in [0.05, 0.1) is 44.6 Å². The maximum Gasteiger partial charge on any atom is 0 e. The first-order valence-electron chi connectivity index (χ1n) is 34.1. The molecule has 10 aromatic rings. The van der Waals surface area contributed by atoms with E-state index < -0.39 is 26.9 Å². The molecule has 0 radical (unpaired) electrons. The number of hydrogen-bond donors (Lipinski definition) is 2. The van der Waals surface area contributed by atoms with Crippen molar-refractivity contribution < 1.29 is 68.8 Å². The monoisotopic (exact) mass is 1800 g/mol. The van der Waals surface area contributed by atoms with Crippen LogP contribution in [-0.4, -0.2) is 32.6 Å². The predicted octanol–water partition coefficient (Wildman–Crippen LogP) is 29.0. The standard InChI is InChI=1S/C85H104F2N2O4.CH4.2CH3.4ClH.2Hf/c1-78(2,3)50-84(19,20)56-44-66(76(90)72(46-56)88-68-32-26-52(80(7,8)9)40-60(68)61-41-53(81(10,11)12)27-33-69(61)88)64-48-58(86)30-36-74(64)92(23)38-25-39-93(24)75-37-31-59(87)49-65(75)67-45-57(85(21,22)51-79(4,5)6)47-73(77(67)91)89-70-34-28-54(82(13,14)15)42-62(70)63-43-55(83(16,17)18)29-35-71(63)89;;;;;;;;;/h26-37,40-49,90-91H,23-25,38-39,50-51H2,1-22H3;1H4;2*1H3;4*1H;;/q;;2*-1;;;;;;+4/p-4. The molecule has 0 atom stereocenters. The van der Waals surface area contributed by atoms with E-state index in [-0.39, 0.29) is 103 Å². The predicted molar refractivity (Wildman–Crippen MR) is 434 cm³/mol. The first kappa shape index (κ1) is 88.0. The number of phenolic OH excluding ortho intramolecular Hbond substituents is 2. The number of aromatic hydroxyl groups is 2. The zero-order chi connectivity index (χ0) is 72.9. The summed E-state index contributed by atoms with van der Waals surface area (Å²) >= 11 is -3.39. The summed E-state index contributed by atoms with van der Waals surface area (Å²) in [6, 6.07) is 44.4. The molecule has 0 aliphatic carbocycles. The van der Waals surface area contributed by atoms with Gasteiger partial charge in [-0.2, -0.15) is 0 Å². The third-order valence-electron chi connectivity index (χ3n) is 19.0. The van der Waals surface area contributed by atoms with E-state index in [0.29, 0.717) is 64.8 Å². The molecule has 0 saturated carbocycles. The van der Waals surface area contributed by atoms with Gasteiger partial charge in [0, 0.05) is 70.6 Å². The quantitative estimate of drug-likeness (QED) is 0.0648. The molecule has 552 valence electrons. The van der Waals surface area contributed by atoms with E-state index in [4.69, 9.17) is 34.3 Å². The van der Waals surface area contributed by atoms with Crippen LogP contribution in [0.2, 0.25) is 0 Å². The average Bonchev–Trinajstić information content (AvgIpc) is 1.55. The molecule has 0 spiro atoms. The van der Waals surface area contributed by atoms with Crippen LogP contribution in [0.5, 0.6) is 23.0 Å². The van der Waals surface area contributed by atoms with Crippen molar-refractivity contribution in [3.8, 4) is 56.6 Å². The van der Waals surface area contributed by atoms with Crippen LogP contribution < -0.4 is 0 Å².